The van der Waals surface area contributed by atoms with Crippen LogP contribution in [0.4, 0.5) is 0 Å². The fraction of sp³-hybridized carbons (Fsp3) is 0.615. The number of carboxylic acids is 2. The maximum Gasteiger partial charge on any atom is 0.330 e. The average molecular weight is 348 g/mol. The van der Waals surface area contributed by atoms with Gasteiger partial charge in [0.15, 0.2) is 11.8 Å². The predicted octanol–water partition coefficient (Wildman–Crippen LogP) is -3.11. The van der Waals surface area contributed by atoms with E-state index in [1.165, 1.54) is 7.11 Å². The Kier molecular flexibility index (Phi) is 6.66. The second kappa shape index (κ2) is 8.06. The third kappa shape index (κ3) is 4.20. The monoisotopic (exact) mass is 348 g/mol. The first-order valence-corrected chi connectivity index (χ1v) is 6.86. The minimum Gasteiger partial charge on any atom is -0.493 e. The zero-order valence-corrected chi connectivity index (χ0v) is 12.8. The lowest BCUT2D eigenvalue weighted by Crippen LogP contribution is -2.55. The third-order valence-corrected chi connectivity index (χ3v) is 3.44. The molecule has 1 aliphatic carbocycles. The molecule has 11 nitrogen and oxygen atoms in total. The van der Waals surface area contributed by atoms with Crippen molar-refractivity contribution in [2.24, 2.45) is 4.99 Å². The number of nitrogens with one attached hydrogen (secondary N) is 1. The van der Waals surface area contributed by atoms with Crippen LogP contribution in [0.3, 0.4) is 0 Å². The standard InChI is InChI=1S/C13H20N2O9/c1-24-10-6(14-3-8(18)19)2-13(23,5-17)11(20)9(10)15-7(4-16)12(21)22/h7,11,14,16-17,20,23H,2-5H2,1H3,(H,18,19)(H,21,22)/b15-9-/t7?,11-,13+/m0/s1. The number of ether oxygens (including phenoxy) is 1. The summed E-state index contributed by atoms with van der Waals surface area (Å²) in [5.74, 6) is -2.86. The molecule has 3 atom stereocenters. The highest BCUT2D eigenvalue weighted by Gasteiger charge is 2.46. The minimum absolute atomic E-state index is 0.0163. The molecule has 0 radical (unpaired) electrons. The molecule has 0 fully saturated rings. The summed E-state index contributed by atoms with van der Waals surface area (Å²) < 4.78 is 5.05. The summed E-state index contributed by atoms with van der Waals surface area (Å²) in [5.41, 5.74) is -2.53. The summed E-state index contributed by atoms with van der Waals surface area (Å²) in [6, 6.07) is -1.64. The Morgan fingerprint density at radius 1 is 1.42 bits per heavy atom. The van der Waals surface area contributed by atoms with E-state index in [9.17, 15) is 24.9 Å². The zero-order chi connectivity index (χ0) is 18.5. The molecular weight excluding hydrogens is 328 g/mol. The van der Waals surface area contributed by atoms with Gasteiger partial charge in [-0.1, -0.05) is 0 Å². The highest BCUT2D eigenvalue weighted by Crippen LogP contribution is 2.31. The van der Waals surface area contributed by atoms with Crippen molar-refractivity contribution >= 4 is 17.7 Å². The van der Waals surface area contributed by atoms with Crippen LogP contribution in [0.1, 0.15) is 6.42 Å². The molecule has 0 aliphatic heterocycles. The second-order valence-electron chi connectivity index (χ2n) is 5.15. The van der Waals surface area contributed by atoms with Crippen molar-refractivity contribution in [3.63, 3.8) is 0 Å². The van der Waals surface area contributed by atoms with Gasteiger partial charge in [0.05, 0.1) is 26.0 Å². The number of carboxylic acid groups (broad SMARTS) is 2. The number of rotatable bonds is 8. The number of aliphatic hydroxyl groups excluding tert-OH is 3. The molecule has 1 aliphatic rings. The van der Waals surface area contributed by atoms with E-state index in [-0.39, 0.29) is 17.9 Å². The Morgan fingerprint density at radius 3 is 2.46 bits per heavy atom. The van der Waals surface area contributed by atoms with E-state index < -0.39 is 55.2 Å². The molecule has 0 saturated heterocycles. The topological polar surface area (TPSA) is 189 Å². The summed E-state index contributed by atoms with van der Waals surface area (Å²) in [5, 5.41) is 59.2. The Hall–Kier alpha value is -2.21. The van der Waals surface area contributed by atoms with Crippen molar-refractivity contribution in [1.82, 2.24) is 5.32 Å². The van der Waals surface area contributed by atoms with Gasteiger partial charge in [0, 0.05) is 6.42 Å². The third-order valence-electron chi connectivity index (χ3n) is 3.44. The summed E-state index contributed by atoms with van der Waals surface area (Å²) >= 11 is 0. The first-order chi connectivity index (χ1) is 11.2. The lowest BCUT2D eigenvalue weighted by atomic mass is 9.82. The van der Waals surface area contributed by atoms with Crippen LogP contribution in [-0.4, -0.2) is 92.9 Å². The highest BCUT2D eigenvalue weighted by molar-refractivity contribution is 6.05. The molecule has 1 unspecified atom stereocenters. The first kappa shape index (κ1) is 19.8. The first-order valence-electron chi connectivity index (χ1n) is 6.86. The second-order valence-corrected chi connectivity index (χ2v) is 5.15. The summed E-state index contributed by atoms with van der Waals surface area (Å²) in [6.07, 6.45) is -2.18. The van der Waals surface area contributed by atoms with Gasteiger partial charge < -0.3 is 40.7 Å². The maximum absolute atomic E-state index is 11.0. The van der Waals surface area contributed by atoms with Gasteiger partial charge >= 0.3 is 11.9 Å². The van der Waals surface area contributed by atoms with Gasteiger partial charge in [0.1, 0.15) is 24.0 Å². The number of nitrogens with zero attached hydrogens (tertiary/aromatic N) is 1. The van der Waals surface area contributed by atoms with Crippen molar-refractivity contribution in [3.05, 3.63) is 11.5 Å². The van der Waals surface area contributed by atoms with Crippen LogP contribution >= 0.6 is 0 Å². The maximum atomic E-state index is 11.0. The molecule has 0 spiro atoms. The summed E-state index contributed by atoms with van der Waals surface area (Å²) in [4.78, 5) is 25.4. The Balaban J connectivity index is 3.41. The van der Waals surface area contributed by atoms with Crippen LogP contribution in [0.2, 0.25) is 0 Å². The molecule has 0 aromatic rings. The van der Waals surface area contributed by atoms with Crippen LogP contribution in [0.15, 0.2) is 16.4 Å². The number of aliphatic imine (C=N–C) groups is 1. The highest BCUT2D eigenvalue weighted by atomic mass is 16.5. The average Bonchev–Trinajstić information content (AvgIpc) is 2.53. The van der Waals surface area contributed by atoms with Gasteiger partial charge in [-0.05, 0) is 0 Å². The Bertz CT molecular complexity index is 560. The van der Waals surface area contributed by atoms with E-state index in [1.807, 2.05) is 0 Å². The minimum atomic E-state index is -2.12. The van der Waals surface area contributed by atoms with E-state index in [1.54, 1.807) is 0 Å². The lowest BCUT2D eigenvalue weighted by Gasteiger charge is -2.38. The number of methoxy groups -OCH3 is 1. The number of hydrogen-bond acceptors (Lipinski definition) is 9. The van der Waals surface area contributed by atoms with E-state index in [4.69, 9.17) is 20.1 Å². The lowest BCUT2D eigenvalue weighted by molar-refractivity contribution is -0.139. The Morgan fingerprint density at radius 2 is 2.04 bits per heavy atom. The predicted molar refractivity (Wildman–Crippen MR) is 78.3 cm³/mol. The number of hydrogen-bond donors (Lipinski definition) is 7. The van der Waals surface area contributed by atoms with Crippen LogP contribution in [-0.2, 0) is 14.3 Å². The Labute approximate surface area is 136 Å². The molecular formula is C13H20N2O9. The van der Waals surface area contributed by atoms with Crippen molar-refractivity contribution in [3.8, 4) is 0 Å². The molecule has 24 heavy (non-hydrogen) atoms. The van der Waals surface area contributed by atoms with Crippen molar-refractivity contribution < 1.29 is 45.0 Å². The largest absolute Gasteiger partial charge is 0.493 e. The molecule has 0 saturated carbocycles. The molecule has 0 bridgehead atoms. The van der Waals surface area contributed by atoms with E-state index >= 15 is 0 Å². The quantitative estimate of drug-likeness (QED) is 0.236. The van der Waals surface area contributed by atoms with E-state index in [0.29, 0.717) is 0 Å². The van der Waals surface area contributed by atoms with Crippen molar-refractivity contribution in [2.75, 3.05) is 26.9 Å². The normalized spacial score (nSPS) is 27.0. The smallest absolute Gasteiger partial charge is 0.330 e. The fourth-order valence-electron chi connectivity index (χ4n) is 2.18. The van der Waals surface area contributed by atoms with Crippen molar-refractivity contribution in [1.29, 1.82) is 0 Å². The molecule has 0 heterocycles. The van der Waals surface area contributed by atoms with Gasteiger partial charge in [-0.3, -0.25) is 9.79 Å². The molecule has 0 amide bonds. The van der Waals surface area contributed by atoms with Crippen LogP contribution in [0.25, 0.3) is 0 Å². The van der Waals surface area contributed by atoms with Crippen LogP contribution in [0, 0.1) is 0 Å². The number of carbonyl (C=O) groups is 2. The van der Waals surface area contributed by atoms with Crippen molar-refractivity contribution in [2.45, 2.75) is 24.2 Å². The summed E-state index contributed by atoms with van der Waals surface area (Å²) in [7, 11) is 1.18. The molecule has 136 valence electrons. The van der Waals surface area contributed by atoms with E-state index in [2.05, 4.69) is 10.3 Å². The molecule has 0 aromatic heterocycles. The van der Waals surface area contributed by atoms with Gasteiger partial charge in [-0.25, -0.2) is 4.79 Å². The molecule has 0 aromatic carbocycles. The van der Waals surface area contributed by atoms with E-state index in [0.717, 1.165) is 0 Å². The zero-order valence-electron chi connectivity index (χ0n) is 12.8. The van der Waals surface area contributed by atoms with Gasteiger partial charge in [0.2, 0.25) is 0 Å². The summed E-state index contributed by atoms with van der Waals surface area (Å²) in [6.45, 7) is -2.33. The number of aliphatic carboxylic acids is 2. The molecule has 1 rings (SSSR count). The van der Waals surface area contributed by atoms with Gasteiger partial charge in [-0.2, -0.15) is 0 Å². The van der Waals surface area contributed by atoms with Crippen LogP contribution in [0.5, 0.6) is 0 Å². The molecule has 11 heteroatoms. The van der Waals surface area contributed by atoms with Gasteiger partial charge in [0.25, 0.3) is 0 Å². The fourth-order valence-corrected chi connectivity index (χ4v) is 2.18. The molecule has 7 N–H and O–H groups in total. The van der Waals surface area contributed by atoms with Gasteiger partial charge in [-0.15, -0.1) is 0 Å². The SMILES string of the molecule is COC1=C(NCC(=O)O)C[C@@](O)(CO)[C@@H](O)/C1=N\C(CO)C(=O)O. The van der Waals surface area contributed by atoms with Crippen LogP contribution < -0.4 is 5.32 Å². The number of aliphatic hydroxyl groups is 4.